The van der Waals surface area contributed by atoms with Gasteiger partial charge in [-0.15, -0.1) is 0 Å². The number of halogens is 1. The maximum atomic E-state index is 5.95. The van der Waals surface area contributed by atoms with Gasteiger partial charge in [0.25, 0.3) is 0 Å². The lowest BCUT2D eigenvalue weighted by Crippen LogP contribution is -2.44. The summed E-state index contributed by atoms with van der Waals surface area (Å²) < 4.78 is 0. The molecule has 1 unspecified atom stereocenters. The van der Waals surface area contributed by atoms with E-state index in [0.717, 1.165) is 17.0 Å². The van der Waals surface area contributed by atoms with E-state index in [1.807, 2.05) is 12.1 Å². The largest absolute Gasteiger partial charge is 0.371 e. The first-order valence-electron chi connectivity index (χ1n) is 7.47. The Morgan fingerprint density at radius 1 is 1.00 bits per heavy atom. The van der Waals surface area contributed by atoms with Crippen LogP contribution in [0.3, 0.4) is 0 Å². The summed E-state index contributed by atoms with van der Waals surface area (Å²) in [4.78, 5) is 5.20. The van der Waals surface area contributed by atoms with Crippen molar-refractivity contribution >= 4 is 17.3 Å². The van der Waals surface area contributed by atoms with Crippen LogP contribution in [-0.4, -0.2) is 37.1 Å². The topological polar surface area (TPSA) is 6.48 Å². The van der Waals surface area contributed by atoms with Gasteiger partial charge in [0.1, 0.15) is 0 Å². The molecule has 3 heteroatoms. The molecule has 2 aliphatic rings. The second-order valence-corrected chi connectivity index (χ2v) is 6.52. The van der Waals surface area contributed by atoms with E-state index in [0.29, 0.717) is 0 Å². The molecule has 3 rings (SSSR count). The van der Waals surface area contributed by atoms with Crippen molar-refractivity contribution in [1.29, 1.82) is 0 Å². The van der Waals surface area contributed by atoms with Crippen molar-refractivity contribution in [3.05, 3.63) is 29.3 Å². The highest BCUT2D eigenvalue weighted by Gasteiger charge is 2.28. The third kappa shape index (κ3) is 3.06. The van der Waals surface area contributed by atoms with Gasteiger partial charge < -0.3 is 4.90 Å². The average molecular weight is 279 g/mol. The maximum absolute atomic E-state index is 5.95. The first-order valence-corrected chi connectivity index (χ1v) is 7.85. The van der Waals surface area contributed by atoms with Crippen molar-refractivity contribution in [1.82, 2.24) is 4.90 Å². The lowest BCUT2D eigenvalue weighted by atomic mass is 10.0. The molecule has 104 valence electrons. The van der Waals surface area contributed by atoms with E-state index < -0.39 is 0 Å². The van der Waals surface area contributed by atoms with Crippen LogP contribution >= 0.6 is 11.6 Å². The molecule has 19 heavy (non-hydrogen) atoms. The molecule has 0 spiro atoms. The fourth-order valence-electron chi connectivity index (χ4n) is 3.44. The van der Waals surface area contributed by atoms with Gasteiger partial charge in [0.2, 0.25) is 0 Å². The zero-order valence-corrected chi connectivity index (χ0v) is 12.4. The smallest absolute Gasteiger partial charge is 0.0407 e. The highest BCUT2D eigenvalue weighted by Crippen LogP contribution is 2.27. The van der Waals surface area contributed by atoms with Gasteiger partial charge in [0, 0.05) is 36.4 Å². The quantitative estimate of drug-likeness (QED) is 0.815. The maximum Gasteiger partial charge on any atom is 0.0407 e. The monoisotopic (exact) mass is 278 g/mol. The molecule has 1 atom stereocenters. The molecule has 1 aromatic carbocycles. The molecule has 0 N–H and O–H groups in total. The van der Waals surface area contributed by atoms with Crippen LogP contribution in [0.15, 0.2) is 24.3 Å². The number of rotatable bonds is 2. The highest BCUT2D eigenvalue weighted by atomic mass is 35.5. The van der Waals surface area contributed by atoms with E-state index in [9.17, 15) is 0 Å². The molecule has 2 saturated heterocycles. The van der Waals surface area contributed by atoms with Crippen molar-refractivity contribution in [3.63, 3.8) is 0 Å². The minimum atomic E-state index is 0.813. The van der Waals surface area contributed by atoms with E-state index in [1.54, 1.807) is 0 Å². The van der Waals surface area contributed by atoms with Crippen LogP contribution in [0.25, 0.3) is 0 Å². The molecule has 2 fully saturated rings. The van der Waals surface area contributed by atoms with Crippen LogP contribution in [-0.2, 0) is 0 Å². The van der Waals surface area contributed by atoms with Crippen molar-refractivity contribution in [3.8, 4) is 0 Å². The Balaban J connectivity index is 1.56. The SMILES string of the molecule is CC1CCN(C2CCN(c3ccc(Cl)cc3)CC2)C1. The zero-order valence-electron chi connectivity index (χ0n) is 11.7. The fourth-order valence-corrected chi connectivity index (χ4v) is 3.57. The number of benzene rings is 1. The van der Waals surface area contributed by atoms with Crippen LogP contribution in [0.2, 0.25) is 5.02 Å². The summed E-state index contributed by atoms with van der Waals surface area (Å²) in [5.41, 5.74) is 1.32. The average Bonchev–Trinajstić information content (AvgIpc) is 2.87. The van der Waals surface area contributed by atoms with Gasteiger partial charge >= 0.3 is 0 Å². The van der Waals surface area contributed by atoms with E-state index >= 15 is 0 Å². The molecule has 2 nitrogen and oxygen atoms in total. The third-order valence-corrected chi connectivity index (χ3v) is 4.88. The Kier molecular flexibility index (Phi) is 3.99. The van der Waals surface area contributed by atoms with Gasteiger partial charge in [-0.05, 0) is 56.0 Å². The Hall–Kier alpha value is -0.730. The van der Waals surface area contributed by atoms with E-state index in [1.165, 1.54) is 51.1 Å². The van der Waals surface area contributed by atoms with Gasteiger partial charge in [-0.2, -0.15) is 0 Å². The predicted molar refractivity (Wildman–Crippen MR) is 82.0 cm³/mol. The van der Waals surface area contributed by atoms with Gasteiger partial charge in [-0.25, -0.2) is 0 Å². The summed E-state index contributed by atoms with van der Waals surface area (Å²) >= 11 is 5.95. The minimum absolute atomic E-state index is 0.813. The highest BCUT2D eigenvalue weighted by molar-refractivity contribution is 6.30. The summed E-state index contributed by atoms with van der Waals surface area (Å²) in [5.74, 6) is 0.897. The Labute approximate surface area is 121 Å². The van der Waals surface area contributed by atoms with Crippen LogP contribution in [0.5, 0.6) is 0 Å². The number of hydrogen-bond acceptors (Lipinski definition) is 2. The van der Waals surface area contributed by atoms with Crippen LogP contribution in [0.4, 0.5) is 5.69 Å². The second-order valence-electron chi connectivity index (χ2n) is 6.08. The molecular formula is C16H23ClN2. The van der Waals surface area contributed by atoms with Crippen molar-refractivity contribution in [2.45, 2.75) is 32.2 Å². The molecule has 1 aromatic rings. The van der Waals surface area contributed by atoms with Gasteiger partial charge in [0.05, 0.1) is 0 Å². The normalized spacial score (nSPS) is 26.0. The minimum Gasteiger partial charge on any atom is -0.371 e. The molecule has 2 heterocycles. The molecular weight excluding hydrogens is 256 g/mol. The van der Waals surface area contributed by atoms with Crippen molar-refractivity contribution < 1.29 is 0 Å². The molecule has 0 radical (unpaired) electrons. The Morgan fingerprint density at radius 2 is 1.68 bits per heavy atom. The third-order valence-electron chi connectivity index (χ3n) is 4.63. The van der Waals surface area contributed by atoms with Crippen LogP contribution in [0.1, 0.15) is 26.2 Å². The van der Waals surface area contributed by atoms with Crippen molar-refractivity contribution in [2.24, 2.45) is 5.92 Å². The number of nitrogens with zero attached hydrogens (tertiary/aromatic N) is 2. The predicted octanol–water partition coefficient (Wildman–Crippen LogP) is 3.65. The Bertz CT molecular complexity index is 409. The number of likely N-dealkylation sites (tertiary alicyclic amines) is 1. The van der Waals surface area contributed by atoms with Gasteiger partial charge in [-0.1, -0.05) is 18.5 Å². The molecule has 0 aromatic heterocycles. The zero-order chi connectivity index (χ0) is 13.2. The van der Waals surface area contributed by atoms with Gasteiger partial charge in [-0.3, -0.25) is 4.90 Å². The first kappa shape index (κ1) is 13.3. The summed E-state index contributed by atoms with van der Waals surface area (Å²) in [5, 5.41) is 0.824. The molecule has 0 aliphatic carbocycles. The van der Waals surface area contributed by atoms with Gasteiger partial charge in [0.15, 0.2) is 0 Å². The fraction of sp³-hybridized carbons (Fsp3) is 0.625. The summed E-state index contributed by atoms with van der Waals surface area (Å²) in [7, 11) is 0. The molecule has 2 aliphatic heterocycles. The summed E-state index contributed by atoms with van der Waals surface area (Å²) in [6, 6.07) is 9.07. The van der Waals surface area contributed by atoms with Crippen LogP contribution in [0, 0.1) is 5.92 Å². The van der Waals surface area contributed by atoms with E-state index in [2.05, 4.69) is 28.9 Å². The van der Waals surface area contributed by atoms with E-state index in [-0.39, 0.29) is 0 Å². The summed E-state index contributed by atoms with van der Waals surface area (Å²) in [6.45, 7) is 7.36. The lowest BCUT2D eigenvalue weighted by Gasteiger charge is -2.38. The number of anilines is 1. The van der Waals surface area contributed by atoms with Crippen molar-refractivity contribution in [2.75, 3.05) is 31.1 Å². The van der Waals surface area contributed by atoms with E-state index in [4.69, 9.17) is 11.6 Å². The first-order chi connectivity index (χ1) is 9.22. The summed E-state index contributed by atoms with van der Waals surface area (Å²) in [6.07, 6.45) is 3.99. The van der Waals surface area contributed by atoms with Crippen LogP contribution < -0.4 is 4.90 Å². The standard InChI is InChI=1S/C16H23ClN2/c1-13-6-9-19(12-13)16-7-10-18(11-8-16)15-4-2-14(17)3-5-15/h2-5,13,16H,6-12H2,1H3. The molecule has 0 saturated carbocycles. The number of hydrogen-bond donors (Lipinski definition) is 0. The number of piperidine rings is 1. The second kappa shape index (κ2) is 5.72. The Morgan fingerprint density at radius 3 is 2.26 bits per heavy atom. The molecule has 0 amide bonds. The lowest BCUT2D eigenvalue weighted by molar-refractivity contribution is 0.202. The molecule has 0 bridgehead atoms.